The summed E-state index contributed by atoms with van der Waals surface area (Å²) in [5.41, 5.74) is 8.71. The Labute approximate surface area is 204 Å². The Kier molecular flexibility index (Phi) is 6.01. The number of phenolic OH excluding ortho intramolecular Hbond substituents is 1. The van der Waals surface area contributed by atoms with E-state index >= 15 is 0 Å². The van der Waals surface area contributed by atoms with Gasteiger partial charge in [0, 0.05) is 36.2 Å². The largest absolute Gasteiger partial charge is 0.508 e. The molecule has 5 rings (SSSR count). The van der Waals surface area contributed by atoms with Crippen molar-refractivity contribution in [2.24, 2.45) is 0 Å². The molecule has 0 bridgehead atoms. The molecule has 178 valence electrons. The number of amides is 1. The third-order valence-electron chi connectivity index (χ3n) is 6.38. The normalized spacial score (nSPS) is 11.9. The second-order valence-electron chi connectivity index (χ2n) is 9.00. The minimum Gasteiger partial charge on any atom is -0.508 e. The lowest BCUT2D eigenvalue weighted by atomic mass is 10.0. The molecular formula is C28H28N4O3. The van der Waals surface area contributed by atoms with Gasteiger partial charge in [-0.2, -0.15) is 5.10 Å². The summed E-state index contributed by atoms with van der Waals surface area (Å²) in [6, 6.07) is 19.3. The van der Waals surface area contributed by atoms with Crippen molar-refractivity contribution in [2.75, 3.05) is 34.3 Å². The Morgan fingerprint density at radius 3 is 2.37 bits per heavy atom. The van der Waals surface area contributed by atoms with Crippen LogP contribution >= 0.6 is 0 Å². The number of carbonyl (C=O) groups is 1. The fourth-order valence-electron chi connectivity index (χ4n) is 4.50. The van der Waals surface area contributed by atoms with Crippen molar-refractivity contribution in [1.29, 1.82) is 0 Å². The molecule has 0 fully saturated rings. The number of rotatable bonds is 7. The number of hydrogen-bond donors (Lipinski definition) is 3. The van der Waals surface area contributed by atoms with E-state index in [1.165, 1.54) is 0 Å². The molecule has 7 heteroatoms. The smallest absolute Gasteiger partial charge is 0.255 e. The maximum atomic E-state index is 12.9. The Morgan fingerprint density at radius 2 is 1.71 bits per heavy atom. The summed E-state index contributed by atoms with van der Waals surface area (Å²) in [5.74, 6) is 0.677. The second-order valence-corrected chi connectivity index (χ2v) is 9.00. The zero-order valence-corrected chi connectivity index (χ0v) is 20.1. The summed E-state index contributed by atoms with van der Waals surface area (Å²) in [7, 11) is 5.54. The first-order valence-corrected chi connectivity index (χ1v) is 11.6. The number of aromatic amines is 1. The minimum atomic E-state index is -0.149. The van der Waals surface area contributed by atoms with Gasteiger partial charge in [0.15, 0.2) is 0 Å². The summed E-state index contributed by atoms with van der Waals surface area (Å²) in [4.78, 5) is 14.9. The molecule has 0 spiro atoms. The maximum absolute atomic E-state index is 12.9. The molecule has 1 aliphatic carbocycles. The van der Waals surface area contributed by atoms with Crippen LogP contribution in [-0.2, 0) is 6.42 Å². The molecule has 0 saturated heterocycles. The van der Waals surface area contributed by atoms with Gasteiger partial charge in [-0.3, -0.25) is 9.89 Å². The molecule has 35 heavy (non-hydrogen) atoms. The van der Waals surface area contributed by atoms with Gasteiger partial charge in [0.2, 0.25) is 0 Å². The Balaban J connectivity index is 1.43. The van der Waals surface area contributed by atoms with Crippen LogP contribution in [0.5, 0.6) is 11.5 Å². The van der Waals surface area contributed by atoms with Gasteiger partial charge in [-0.15, -0.1) is 0 Å². The van der Waals surface area contributed by atoms with Crippen molar-refractivity contribution in [3.8, 4) is 45.1 Å². The maximum Gasteiger partial charge on any atom is 0.255 e. The van der Waals surface area contributed by atoms with Crippen LogP contribution in [-0.4, -0.2) is 60.4 Å². The van der Waals surface area contributed by atoms with E-state index in [-0.39, 0.29) is 11.7 Å². The average molecular weight is 469 g/mol. The molecule has 7 nitrogen and oxygen atoms in total. The minimum absolute atomic E-state index is 0.149. The van der Waals surface area contributed by atoms with Gasteiger partial charge in [0.05, 0.1) is 24.1 Å². The number of H-pyrrole nitrogens is 1. The number of aromatic nitrogens is 2. The highest BCUT2D eigenvalue weighted by molar-refractivity contribution is 5.99. The van der Waals surface area contributed by atoms with Gasteiger partial charge in [-0.25, -0.2) is 0 Å². The summed E-state index contributed by atoms with van der Waals surface area (Å²) in [6.07, 6.45) is 0.717. The predicted molar refractivity (Wildman–Crippen MR) is 137 cm³/mol. The molecule has 0 unspecified atom stereocenters. The second kappa shape index (κ2) is 9.27. The molecular weight excluding hydrogens is 440 g/mol. The Hall–Kier alpha value is -4.10. The molecule has 1 aliphatic rings. The van der Waals surface area contributed by atoms with Crippen molar-refractivity contribution in [2.45, 2.75) is 6.42 Å². The van der Waals surface area contributed by atoms with Gasteiger partial charge < -0.3 is 20.1 Å². The number of aromatic hydroxyl groups is 1. The molecule has 1 aromatic heterocycles. The number of methoxy groups -OCH3 is 1. The van der Waals surface area contributed by atoms with E-state index in [1.54, 1.807) is 19.2 Å². The SMILES string of the molecule is COc1cc2c(cc1C(=O)NCCN(C)C)-c1[nH]nc(-c3ccc(-c4ccc(O)cc4)cc3)c1C2. The van der Waals surface area contributed by atoms with Crippen LogP contribution in [0.2, 0.25) is 0 Å². The first-order chi connectivity index (χ1) is 16.9. The van der Waals surface area contributed by atoms with Crippen LogP contribution in [0.1, 0.15) is 21.5 Å². The number of nitrogens with zero attached hydrogens (tertiary/aromatic N) is 2. The van der Waals surface area contributed by atoms with E-state index in [9.17, 15) is 9.90 Å². The van der Waals surface area contributed by atoms with Crippen LogP contribution in [0.4, 0.5) is 0 Å². The molecule has 1 amide bonds. The van der Waals surface area contributed by atoms with Crippen LogP contribution in [0.3, 0.4) is 0 Å². The third-order valence-corrected chi connectivity index (χ3v) is 6.38. The van der Waals surface area contributed by atoms with Gasteiger partial charge in [0.1, 0.15) is 11.5 Å². The molecule has 4 aromatic rings. The number of likely N-dealkylation sites (N-methyl/N-ethyl adjacent to an activating group) is 1. The summed E-state index contributed by atoms with van der Waals surface area (Å²) < 4.78 is 5.56. The number of nitrogens with one attached hydrogen (secondary N) is 2. The number of carbonyl (C=O) groups excluding carboxylic acids is 1. The lowest BCUT2D eigenvalue weighted by Gasteiger charge is -2.13. The van der Waals surface area contributed by atoms with Gasteiger partial charge >= 0.3 is 0 Å². The number of ether oxygens (including phenoxy) is 1. The average Bonchev–Trinajstić information content (AvgIpc) is 3.42. The number of benzene rings is 3. The summed E-state index contributed by atoms with van der Waals surface area (Å²) >= 11 is 0. The summed E-state index contributed by atoms with van der Waals surface area (Å²) in [6.45, 7) is 1.32. The highest BCUT2D eigenvalue weighted by atomic mass is 16.5. The first-order valence-electron chi connectivity index (χ1n) is 11.6. The Morgan fingerprint density at radius 1 is 1.06 bits per heavy atom. The standard InChI is InChI=1S/C28H28N4O3/c1-32(2)13-12-29-28(34)23-16-22-20(15-25(23)35-3)14-24-26(30-31-27(22)24)19-6-4-17(5-7-19)18-8-10-21(33)11-9-18/h4-11,15-16,33H,12-14H2,1-3H3,(H,29,34)(H,30,31). The van der Waals surface area contributed by atoms with E-state index in [0.717, 1.165) is 57.7 Å². The lowest BCUT2D eigenvalue weighted by Crippen LogP contribution is -2.31. The van der Waals surface area contributed by atoms with Crippen LogP contribution < -0.4 is 10.1 Å². The number of phenols is 1. The van der Waals surface area contributed by atoms with Crippen molar-refractivity contribution in [3.63, 3.8) is 0 Å². The van der Waals surface area contributed by atoms with Crippen molar-refractivity contribution >= 4 is 5.91 Å². The quantitative estimate of drug-likeness (QED) is 0.331. The fourth-order valence-corrected chi connectivity index (χ4v) is 4.50. The topological polar surface area (TPSA) is 90.5 Å². The molecule has 0 aliphatic heterocycles. The van der Waals surface area contributed by atoms with Crippen molar-refractivity contribution < 1.29 is 14.6 Å². The molecule has 0 saturated carbocycles. The highest BCUT2D eigenvalue weighted by Gasteiger charge is 2.28. The fraction of sp³-hybridized carbons (Fsp3) is 0.214. The summed E-state index contributed by atoms with van der Waals surface area (Å²) in [5, 5.41) is 20.3. The highest BCUT2D eigenvalue weighted by Crippen LogP contribution is 2.42. The van der Waals surface area contributed by atoms with E-state index in [4.69, 9.17) is 4.74 Å². The molecule has 3 aromatic carbocycles. The monoisotopic (exact) mass is 468 g/mol. The van der Waals surface area contributed by atoms with Crippen molar-refractivity contribution in [1.82, 2.24) is 20.4 Å². The molecule has 0 atom stereocenters. The van der Waals surface area contributed by atoms with Gasteiger partial charge in [-0.05, 0) is 55.1 Å². The third kappa shape index (κ3) is 4.38. The van der Waals surface area contributed by atoms with E-state index < -0.39 is 0 Å². The van der Waals surface area contributed by atoms with Crippen LogP contribution in [0.15, 0.2) is 60.7 Å². The molecule has 3 N–H and O–H groups in total. The zero-order chi connectivity index (χ0) is 24.5. The van der Waals surface area contributed by atoms with Gasteiger partial charge in [0.25, 0.3) is 5.91 Å². The Bertz CT molecular complexity index is 1370. The van der Waals surface area contributed by atoms with E-state index in [2.05, 4.69) is 39.8 Å². The zero-order valence-electron chi connectivity index (χ0n) is 20.1. The van der Waals surface area contributed by atoms with Crippen LogP contribution in [0.25, 0.3) is 33.6 Å². The van der Waals surface area contributed by atoms with Crippen LogP contribution in [0, 0.1) is 0 Å². The van der Waals surface area contributed by atoms with Crippen molar-refractivity contribution in [3.05, 3.63) is 77.4 Å². The van der Waals surface area contributed by atoms with Gasteiger partial charge in [-0.1, -0.05) is 36.4 Å². The molecule has 0 radical (unpaired) electrons. The molecule has 1 heterocycles. The lowest BCUT2D eigenvalue weighted by molar-refractivity contribution is 0.0948. The predicted octanol–water partition coefficient (Wildman–Crippen LogP) is 4.32. The first kappa shape index (κ1) is 22.7. The van der Waals surface area contributed by atoms with E-state index in [1.807, 2.05) is 43.3 Å². The number of hydrogen-bond acceptors (Lipinski definition) is 5. The van der Waals surface area contributed by atoms with E-state index in [0.29, 0.717) is 17.9 Å². The number of fused-ring (bicyclic) bond motifs is 3.